The number of hydrogen-bond acceptors (Lipinski definition) is 2. The zero-order valence-electron chi connectivity index (χ0n) is 11.0. The maximum absolute atomic E-state index is 9.51. The van der Waals surface area contributed by atoms with Gasteiger partial charge in [-0.05, 0) is 25.5 Å². The maximum atomic E-state index is 9.51. The van der Waals surface area contributed by atoms with Gasteiger partial charge in [0.1, 0.15) is 5.15 Å². The number of nitrogens with zero attached hydrogens (tertiary/aromatic N) is 1. The van der Waals surface area contributed by atoms with Gasteiger partial charge in [0.15, 0.2) is 0 Å². The van der Waals surface area contributed by atoms with Crippen LogP contribution in [0.4, 0.5) is 0 Å². The van der Waals surface area contributed by atoms with Crippen LogP contribution in [-0.4, -0.2) is 23.4 Å². The molecule has 0 atom stereocenters. The highest BCUT2D eigenvalue weighted by molar-refractivity contribution is 6.32. The summed E-state index contributed by atoms with van der Waals surface area (Å²) in [6.07, 6.45) is 0. The van der Waals surface area contributed by atoms with Crippen molar-refractivity contribution in [1.29, 1.82) is 0 Å². The van der Waals surface area contributed by atoms with Crippen LogP contribution in [0.1, 0.15) is 16.7 Å². The summed E-state index contributed by atoms with van der Waals surface area (Å²) in [7, 11) is 1.67. The van der Waals surface area contributed by atoms with Crippen LogP contribution >= 0.6 is 11.6 Å². The third-order valence-corrected chi connectivity index (χ3v) is 3.64. The molecule has 0 unspecified atom stereocenters. The van der Waals surface area contributed by atoms with Crippen molar-refractivity contribution in [3.8, 4) is 0 Å². The van der Waals surface area contributed by atoms with Crippen molar-refractivity contribution in [2.75, 3.05) is 13.7 Å². The number of fused-ring (bicyclic) bond motifs is 1. The van der Waals surface area contributed by atoms with Gasteiger partial charge in [-0.15, -0.1) is 0 Å². The molecule has 0 amide bonds. The summed E-state index contributed by atoms with van der Waals surface area (Å²) in [5.74, 6) is 0. The average molecular weight is 268 g/mol. The Morgan fingerprint density at radius 1 is 1.33 bits per heavy atom. The van der Waals surface area contributed by atoms with Gasteiger partial charge in [0.2, 0.25) is 0 Å². The van der Waals surface area contributed by atoms with Crippen molar-refractivity contribution >= 4 is 22.5 Å². The Labute approximate surface area is 112 Å². The van der Waals surface area contributed by atoms with Crippen LogP contribution in [0.25, 0.3) is 10.9 Å². The smallest absolute Gasteiger partial charge is 0.115 e. The predicted octanol–water partition coefficient (Wildman–Crippen LogP) is 3.05. The second kappa shape index (κ2) is 5.31. The van der Waals surface area contributed by atoms with E-state index in [-0.39, 0.29) is 6.61 Å². The Bertz CT molecular complexity index is 575. The molecule has 0 fully saturated rings. The van der Waals surface area contributed by atoms with Gasteiger partial charge in [-0.3, -0.25) is 0 Å². The van der Waals surface area contributed by atoms with Crippen LogP contribution in [0.15, 0.2) is 12.1 Å². The molecule has 2 aromatic rings. The molecule has 0 saturated heterocycles. The van der Waals surface area contributed by atoms with Crippen molar-refractivity contribution in [3.63, 3.8) is 0 Å². The number of hydrogen-bond donors (Lipinski definition) is 1. The molecular formula is C14H18ClNO2. The number of ether oxygens (including phenoxy) is 1. The molecule has 1 aromatic heterocycles. The molecule has 1 aromatic carbocycles. The third kappa shape index (κ3) is 2.14. The molecule has 3 nitrogen and oxygen atoms in total. The summed E-state index contributed by atoms with van der Waals surface area (Å²) in [5, 5.41) is 11.2. The topological polar surface area (TPSA) is 34.4 Å². The molecule has 0 aliphatic heterocycles. The Kier molecular flexibility index (Phi) is 3.95. The molecule has 0 radical (unpaired) electrons. The van der Waals surface area contributed by atoms with E-state index in [9.17, 15) is 5.11 Å². The molecule has 1 heterocycles. The SMILES string of the molecule is COCCn1c(Cl)c(CO)c2cc(C)cc(C)c21. The van der Waals surface area contributed by atoms with E-state index in [1.54, 1.807) is 7.11 Å². The second-order valence-electron chi connectivity index (χ2n) is 4.55. The van der Waals surface area contributed by atoms with Crippen molar-refractivity contribution in [2.45, 2.75) is 27.0 Å². The van der Waals surface area contributed by atoms with Crippen LogP contribution in [0.2, 0.25) is 5.15 Å². The first-order valence-electron chi connectivity index (χ1n) is 5.97. The first-order chi connectivity index (χ1) is 8.60. The summed E-state index contributed by atoms with van der Waals surface area (Å²) in [4.78, 5) is 0. The van der Waals surface area contributed by atoms with E-state index in [1.165, 1.54) is 11.1 Å². The zero-order valence-corrected chi connectivity index (χ0v) is 11.7. The molecule has 0 aliphatic rings. The molecular weight excluding hydrogens is 250 g/mol. The Morgan fingerprint density at radius 2 is 2.06 bits per heavy atom. The number of aromatic nitrogens is 1. The lowest BCUT2D eigenvalue weighted by Crippen LogP contribution is -2.05. The first kappa shape index (κ1) is 13.4. The molecule has 0 spiro atoms. The minimum atomic E-state index is -0.0434. The van der Waals surface area contributed by atoms with Gasteiger partial charge in [0, 0.05) is 24.6 Å². The maximum Gasteiger partial charge on any atom is 0.115 e. The summed E-state index contributed by atoms with van der Waals surface area (Å²) in [6.45, 7) is 5.36. The lowest BCUT2D eigenvalue weighted by Gasteiger charge is -2.08. The lowest BCUT2D eigenvalue weighted by molar-refractivity contribution is 0.188. The summed E-state index contributed by atoms with van der Waals surface area (Å²) in [5.41, 5.74) is 4.24. The quantitative estimate of drug-likeness (QED) is 0.924. The normalized spacial score (nSPS) is 11.4. The van der Waals surface area contributed by atoms with Gasteiger partial charge < -0.3 is 14.4 Å². The van der Waals surface area contributed by atoms with E-state index in [4.69, 9.17) is 16.3 Å². The lowest BCUT2D eigenvalue weighted by atomic mass is 10.1. The number of aliphatic hydroxyl groups excluding tert-OH is 1. The van der Waals surface area contributed by atoms with Gasteiger partial charge in [-0.25, -0.2) is 0 Å². The molecule has 98 valence electrons. The van der Waals surface area contributed by atoms with E-state index < -0.39 is 0 Å². The number of benzene rings is 1. The van der Waals surface area contributed by atoms with E-state index in [1.807, 2.05) is 11.5 Å². The molecule has 18 heavy (non-hydrogen) atoms. The highest BCUT2D eigenvalue weighted by atomic mass is 35.5. The summed E-state index contributed by atoms with van der Waals surface area (Å²) < 4.78 is 7.13. The average Bonchev–Trinajstić information content (AvgIpc) is 2.58. The van der Waals surface area contributed by atoms with Crippen molar-refractivity contribution in [3.05, 3.63) is 34.0 Å². The van der Waals surface area contributed by atoms with Gasteiger partial charge in [0.05, 0.1) is 18.7 Å². The monoisotopic (exact) mass is 267 g/mol. The fourth-order valence-electron chi connectivity index (χ4n) is 2.46. The summed E-state index contributed by atoms with van der Waals surface area (Å²) in [6, 6.07) is 4.20. The van der Waals surface area contributed by atoms with Crippen LogP contribution < -0.4 is 0 Å². The van der Waals surface area contributed by atoms with Crippen molar-refractivity contribution in [2.24, 2.45) is 0 Å². The largest absolute Gasteiger partial charge is 0.392 e. The fraction of sp³-hybridized carbons (Fsp3) is 0.429. The van der Waals surface area contributed by atoms with Gasteiger partial charge in [0.25, 0.3) is 0 Å². The van der Waals surface area contributed by atoms with Gasteiger partial charge in [-0.1, -0.05) is 23.2 Å². The highest BCUT2D eigenvalue weighted by Gasteiger charge is 2.16. The molecule has 0 saturated carbocycles. The van der Waals surface area contributed by atoms with E-state index in [0.29, 0.717) is 18.3 Å². The fourth-order valence-corrected chi connectivity index (χ4v) is 2.79. The van der Waals surface area contributed by atoms with E-state index in [0.717, 1.165) is 16.5 Å². The Hall–Kier alpha value is -1.03. The van der Waals surface area contributed by atoms with E-state index >= 15 is 0 Å². The number of rotatable bonds is 4. The molecule has 4 heteroatoms. The molecule has 2 rings (SSSR count). The zero-order chi connectivity index (χ0) is 13.3. The third-order valence-electron chi connectivity index (χ3n) is 3.20. The van der Waals surface area contributed by atoms with Crippen LogP contribution in [-0.2, 0) is 17.9 Å². The van der Waals surface area contributed by atoms with Gasteiger partial charge >= 0.3 is 0 Å². The predicted molar refractivity (Wildman–Crippen MR) is 74.2 cm³/mol. The Morgan fingerprint density at radius 3 is 2.67 bits per heavy atom. The highest BCUT2D eigenvalue weighted by Crippen LogP contribution is 2.33. The second-order valence-corrected chi connectivity index (χ2v) is 4.91. The summed E-state index contributed by atoms with van der Waals surface area (Å²) >= 11 is 6.36. The van der Waals surface area contributed by atoms with Gasteiger partial charge in [-0.2, -0.15) is 0 Å². The van der Waals surface area contributed by atoms with E-state index in [2.05, 4.69) is 19.1 Å². The number of aryl methyl sites for hydroxylation is 2. The first-order valence-corrected chi connectivity index (χ1v) is 6.35. The van der Waals surface area contributed by atoms with Crippen LogP contribution in [0.5, 0.6) is 0 Å². The molecule has 1 N–H and O–H groups in total. The number of halogens is 1. The molecule has 0 bridgehead atoms. The van der Waals surface area contributed by atoms with Crippen molar-refractivity contribution < 1.29 is 9.84 Å². The minimum absolute atomic E-state index is 0.0434. The molecule has 0 aliphatic carbocycles. The van der Waals surface area contributed by atoms with Crippen molar-refractivity contribution in [1.82, 2.24) is 4.57 Å². The number of aliphatic hydroxyl groups is 1. The standard InChI is InChI=1S/C14H18ClNO2/c1-9-6-10(2)13-11(7-9)12(8-17)14(15)16(13)4-5-18-3/h6-7,17H,4-5,8H2,1-3H3. The number of methoxy groups -OCH3 is 1. The van der Waals surface area contributed by atoms with Crippen LogP contribution in [0.3, 0.4) is 0 Å². The Balaban J connectivity index is 2.72. The minimum Gasteiger partial charge on any atom is -0.392 e. The van der Waals surface area contributed by atoms with Crippen LogP contribution in [0, 0.1) is 13.8 Å².